The third-order valence-corrected chi connectivity index (χ3v) is 6.30. The fraction of sp³-hybridized carbons (Fsp3) is 0.545. The zero-order chi connectivity index (χ0) is 20.9. The Labute approximate surface area is 206 Å². The summed E-state index contributed by atoms with van der Waals surface area (Å²) in [5.41, 5.74) is 2.56. The van der Waals surface area contributed by atoms with Crippen molar-refractivity contribution in [2.24, 2.45) is 4.99 Å². The van der Waals surface area contributed by atoms with E-state index >= 15 is 0 Å². The van der Waals surface area contributed by atoms with E-state index in [0.717, 1.165) is 54.2 Å². The number of thiazole rings is 1. The summed E-state index contributed by atoms with van der Waals surface area (Å²) in [7, 11) is 1.83. The maximum absolute atomic E-state index is 5.98. The number of aromatic nitrogens is 1. The average Bonchev–Trinajstić information content (AvgIpc) is 3.18. The number of nitrogens with zero attached hydrogens (tertiary/aromatic N) is 3. The van der Waals surface area contributed by atoms with Gasteiger partial charge in [-0.05, 0) is 30.5 Å². The van der Waals surface area contributed by atoms with Crippen molar-refractivity contribution >= 4 is 52.9 Å². The van der Waals surface area contributed by atoms with Gasteiger partial charge in [0.25, 0.3) is 0 Å². The summed E-state index contributed by atoms with van der Waals surface area (Å²) < 4.78 is 0. The first-order chi connectivity index (χ1) is 13.8. The molecule has 1 saturated heterocycles. The first kappa shape index (κ1) is 25.4. The van der Waals surface area contributed by atoms with Crippen molar-refractivity contribution in [1.82, 2.24) is 20.5 Å². The van der Waals surface area contributed by atoms with Crippen LogP contribution in [0.25, 0.3) is 0 Å². The van der Waals surface area contributed by atoms with Crippen LogP contribution in [0.2, 0.25) is 5.02 Å². The second-order valence-electron chi connectivity index (χ2n) is 8.62. The van der Waals surface area contributed by atoms with Crippen LogP contribution in [0.3, 0.4) is 0 Å². The van der Waals surface area contributed by atoms with Gasteiger partial charge in [0.15, 0.2) is 5.96 Å². The lowest BCUT2D eigenvalue weighted by Gasteiger charge is -2.33. The smallest absolute Gasteiger partial charge is 0.191 e. The van der Waals surface area contributed by atoms with Crippen molar-refractivity contribution in [1.29, 1.82) is 0 Å². The fourth-order valence-electron chi connectivity index (χ4n) is 3.37. The van der Waals surface area contributed by atoms with Crippen molar-refractivity contribution in [2.75, 3.05) is 20.1 Å². The largest absolute Gasteiger partial charge is 0.354 e. The van der Waals surface area contributed by atoms with Gasteiger partial charge in [0, 0.05) is 48.5 Å². The molecule has 2 aromatic rings. The summed E-state index contributed by atoms with van der Waals surface area (Å²) in [4.78, 5) is 11.6. The lowest BCUT2D eigenvalue weighted by molar-refractivity contribution is 0.198. The Balaban J connectivity index is 0.00000320. The molecule has 30 heavy (non-hydrogen) atoms. The number of halogens is 2. The molecule has 3 rings (SSSR count). The van der Waals surface area contributed by atoms with Gasteiger partial charge in [-0.3, -0.25) is 9.89 Å². The Bertz CT molecular complexity index is 808. The molecule has 0 saturated carbocycles. The Kier molecular flexibility index (Phi) is 9.84. The minimum Gasteiger partial charge on any atom is -0.354 e. The summed E-state index contributed by atoms with van der Waals surface area (Å²) >= 11 is 7.68. The second-order valence-corrected chi connectivity index (χ2v) is 10.0. The minimum absolute atomic E-state index is 0. The number of nitrogens with one attached hydrogen (secondary N) is 2. The van der Waals surface area contributed by atoms with Gasteiger partial charge < -0.3 is 10.6 Å². The zero-order valence-electron chi connectivity index (χ0n) is 18.2. The van der Waals surface area contributed by atoms with Crippen LogP contribution in [0.1, 0.15) is 49.9 Å². The number of piperidine rings is 1. The van der Waals surface area contributed by atoms with Gasteiger partial charge in [-0.25, -0.2) is 4.98 Å². The summed E-state index contributed by atoms with van der Waals surface area (Å²) in [6.45, 7) is 10.4. The molecule has 1 fully saturated rings. The molecule has 5 nitrogen and oxygen atoms in total. The van der Waals surface area contributed by atoms with Gasteiger partial charge >= 0.3 is 0 Å². The first-order valence-corrected chi connectivity index (χ1v) is 11.5. The van der Waals surface area contributed by atoms with Crippen molar-refractivity contribution in [3.05, 3.63) is 50.9 Å². The molecule has 0 radical (unpaired) electrons. The van der Waals surface area contributed by atoms with E-state index in [-0.39, 0.29) is 29.4 Å². The van der Waals surface area contributed by atoms with E-state index in [0.29, 0.717) is 12.6 Å². The zero-order valence-corrected chi connectivity index (χ0v) is 22.1. The van der Waals surface area contributed by atoms with E-state index in [1.54, 1.807) is 11.3 Å². The van der Waals surface area contributed by atoms with Crippen molar-refractivity contribution in [3.8, 4) is 0 Å². The highest BCUT2D eigenvalue weighted by Gasteiger charge is 2.21. The molecule has 0 bridgehead atoms. The number of guanidine groups is 1. The maximum Gasteiger partial charge on any atom is 0.191 e. The number of likely N-dealkylation sites (tertiary alicyclic amines) is 1. The average molecular weight is 562 g/mol. The molecule has 0 aliphatic carbocycles. The fourth-order valence-corrected chi connectivity index (χ4v) is 4.45. The molecular formula is C22H33ClIN5S. The quantitative estimate of drug-likeness (QED) is 0.305. The Morgan fingerprint density at radius 3 is 2.47 bits per heavy atom. The monoisotopic (exact) mass is 561 g/mol. The third kappa shape index (κ3) is 7.66. The van der Waals surface area contributed by atoms with E-state index in [1.165, 1.54) is 5.56 Å². The van der Waals surface area contributed by atoms with Crippen molar-refractivity contribution in [2.45, 2.75) is 58.2 Å². The van der Waals surface area contributed by atoms with Crippen LogP contribution in [0.4, 0.5) is 0 Å². The Morgan fingerprint density at radius 1 is 1.23 bits per heavy atom. The summed E-state index contributed by atoms with van der Waals surface area (Å²) in [5.74, 6) is 0.855. The second kappa shape index (κ2) is 11.6. The highest BCUT2D eigenvalue weighted by atomic mass is 127. The van der Waals surface area contributed by atoms with Crippen molar-refractivity contribution < 1.29 is 0 Å². The predicted molar refractivity (Wildman–Crippen MR) is 139 cm³/mol. The molecule has 8 heteroatoms. The van der Waals surface area contributed by atoms with Crippen LogP contribution in [0.5, 0.6) is 0 Å². The molecule has 0 atom stereocenters. The standard InChI is InChI=1S/C22H32ClN5S.HI/c1-22(2,3)19-15-29-20(27-19)13-25-21(24-4)26-18-9-11-28(12-10-18)14-16-5-7-17(23)8-6-16;/h5-8,15,18H,9-14H2,1-4H3,(H2,24,25,26);1H. The van der Waals surface area contributed by atoms with Crippen LogP contribution in [0, 0.1) is 0 Å². The van der Waals surface area contributed by atoms with Gasteiger partial charge in [-0.1, -0.05) is 44.5 Å². The molecule has 1 aromatic heterocycles. The van der Waals surface area contributed by atoms with E-state index in [4.69, 9.17) is 16.6 Å². The van der Waals surface area contributed by atoms with Crippen LogP contribution in [-0.4, -0.2) is 42.0 Å². The molecule has 2 N–H and O–H groups in total. The molecule has 0 unspecified atom stereocenters. The van der Waals surface area contributed by atoms with Gasteiger partial charge in [0.1, 0.15) is 5.01 Å². The normalized spacial score (nSPS) is 16.2. The van der Waals surface area contributed by atoms with Crippen LogP contribution < -0.4 is 10.6 Å². The van der Waals surface area contributed by atoms with E-state index in [1.807, 2.05) is 19.2 Å². The molecule has 0 amide bonds. The van der Waals surface area contributed by atoms with E-state index in [9.17, 15) is 0 Å². The predicted octanol–water partition coefficient (Wildman–Crippen LogP) is 5.04. The van der Waals surface area contributed by atoms with E-state index < -0.39 is 0 Å². The summed E-state index contributed by atoms with van der Waals surface area (Å²) in [6.07, 6.45) is 2.22. The third-order valence-electron chi connectivity index (χ3n) is 5.20. The van der Waals surface area contributed by atoms with E-state index in [2.05, 4.69) is 58.8 Å². The lowest BCUT2D eigenvalue weighted by atomic mass is 9.93. The highest BCUT2D eigenvalue weighted by Crippen LogP contribution is 2.23. The topological polar surface area (TPSA) is 52.6 Å². The number of hydrogen-bond donors (Lipinski definition) is 2. The lowest BCUT2D eigenvalue weighted by Crippen LogP contribution is -2.48. The number of benzene rings is 1. The molecule has 1 aliphatic heterocycles. The summed E-state index contributed by atoms with van der Waals surface area (Å²) in [6, 6.07) is 8.61. The Hall–Kier alpha value is -0.900. The molecular weight excluding hydrogens is 529 g/mol. The van der Waals surface area contributed by atoms with Gasteiger partial charge in [0.2, 0.25) is 0 Å². The minimum atomic E-state index is 0. The molecule has 1 aliphatic rings. The van der Waals surface area contributed by atoms with Crippen molar-refractivity contribution in [3.63, 3.8) is 0 Å². The Morgan fingerprint density at radius 2 is 1.90 bits per heavy atom. The summed E-state index contributed by atoms with van der Waals surface area (Å²) in [5, 5.41) is 11.0. The molecule has 166 valence electrons. The van der Waals surface area contributed by atoms with Crippen LogP contribution in [0.15, 0.2) is 34.6 Å². The number of rotatable bonds is 5. The SMILES string of the molecule is CN=C(NCc1nc(C(C)(C)C)cs1)NC1CCN(Cc2ccc(Cl)cc2)CC1.I. The van der Waals surface area contributed by atoms with Crippen LogP contribution >= 0.6 is 46.9 Å². The highest BCUT2D eigenvalue weighted by molar-refractivity contribution is 14.0. The van der Waals surface area contributed by atoms with Gasteiger partial charge in [-0.2, -0.15) is 0 Å². The number of hydrogen-bond acceptors (Lipinski definition) is 4. The maximum atomic E-state index is 5.98. The molecule has 0 spiro atoms. The van der Waals surface area contributed by atoms with Crippen LogP contribution in [-0.2, 0) is 18.5 Å². The van der Waals surface area contributed by atoms with Gasteiger partial charge in [0.05, 0.1) is 12.2 Å². The molecule has 2 heterocycles. The molecule has 1 aromatic carbocycles. The number of aliphatic imine (C=N–C) groups is 1. The first-order valence-electron chi connectivity index (χ1n) is 10.2. The van der Waals surface area contributed by atoms with Gasteiger partial charge in [-0.15, -0.1) is 35.3 Å².